The largest absolute Gasteiger partial charge is 0.467 e. The van der Waals surface area contributed by atoms with Crippen LogP contribution in [0.3, 0.4) is 0 Å². The fourth-order valence-corrected chi connectivity index (χ4v) is 1.72. The van der Waals surface area contributed by atoms with E-state index in [9.17, 15) is 4.79 Å². The Hall–Kier alpha value is -2.56. The van der Waals surface area contributed by atoms with Crippen molar-refractivity contribution >= 4 is 11.6 Å². The second-order valence-electron chi connectivity index (χ2n) is 3.85. The minimum absolute atomic E-state index is 0.213. The van der Waals surface area contributed by atoms with Gasteiger partial charge in [0.1, 0.15) is 17.1 Å². The summed E-state index contributed by atoms with van der Waals surface area (Å²) >= 11 is 0. The molecule has 1 N–H and O–H groups in total. The predicted octanol–water partition coefficient (Wildman–Crippen LogP) is 1.86. The summed E-state index contributed by atoms with van der Waals surface area (Å²) in [4.78, 5) is 16.1. The molecule has 0 radical (unpaired) electrons. The van der Waals surface area contributed by atoms with Crippen LogP contribution in [0.25, 0.3) is 5.65 Å². The van der Waals surface area contributed by atoms with Gasteiger partial charge >= 0.3 is 0 Å². The third-order valence-corrected chi connectivity index (χ3v) is 2.60. The number of rotatable bonds is 3. The highest BCUT2D eigenvalue weighted by Crippen LogP contribution is 2.05. The molecule has 3 aromatic heterocycles. The number of amides is 1. The lowest BCUT2D eigenvalue weighted by Gasteiger charge is -1.99. The fourth-order valence-electron chi connectivity index (χ4n) is 1.72. The standard InChI is InChI=1S/C13H11N3O2/c17-13(14-8-10-4-3-7-18-10)11-9-16-6-2-1-5-12(16)15-11/h1-7,9H,8H2,(H,14,17). The number of pyridine rings is 1. The van der Waals surface area contributed by atoms with Crippen LogP contribution in [0.4, 0.5) is 0 Å². The van der Waals surface area contributed by atoms with Gasteiger partial charge in [-0.1, -0.05) is 6.07 Å². The van der Waals surface area contributed by atoms with Gasteiger partial charge in [-0.2, -0.15) is 0 Å². The van der Waals surface area contributed by atoms with E-state index < -0.39 is 0 Å². The molecule has 0 aliphatic carbocycles. The van der Waals surface area contributed by atoms with Gasteiger partial charge in [0.25, 0.3) is 5.91 Å². The molecule has 90 valence electrons. The van der Waals surface area contributed by atoms with Crippen LogP contribution in [0.2, 0.25) is 0 Å². The van der Waals surface area contributed by atoms with Crippen molar-refractivity contribution in [3.63, 3.8) is 0 Å². The van der Waals surface area contributed by atoms with E-state index in [1.807, 2.05) is 34.9 Å². The van der Waals surface area contributed by atoms with Gasteiger partial charge in [0.2, 0.25) is 0 Å². The second-order valence-corrected chi connectivity index (χ2v) is 3.85. The summed E-state index contributed by atoms with van der Waals surface area (Å²) in [6.07, 6.45) is 5.13. The van der Waals surface area contributed by atoms with E-state index in [0.29, 0.717) is 18.0 Å². The van der Waals surface area contributed by atoms with Crippen molar-refractivity contribution in [2.24, 2.45) is 0 Å². The van der Waals surface area contributed by atoms with Crippen LogP contribution in [0.5, 0.6) is 0 Å². The SMILES string of the molecule is O=C(NCc1ccco1)c1cn2ccccc2n1. The van der Waals surface area contributed by atoms with E-state index in [1.165, 1.54) is 0 Å². The van der Waals surface area contributed by atoms with Crippen molar-refractivity contribution in [3.05, 3.63) is 60.4 Å². The van der Waals surface area contributed by atoms with Gasteiger partial charge < -0.3 is 14.1 Å². The van der Waals surface area contributed by atoms with Crippen LogP contribution in [0.15, 0.2) is 53.4 Å². The Morgan fingerprint density at radius 1 is 1.33 bits per heavy atom. The molecule has 0 bridgehead atoms. The van der Waals surface area contributed by atoms with E-state index in [2.05, 4.69) is 10.3 Å². The van der Waals surface area contributed by atoms with Gasteiger partial charge in [0.05, 0.1) is 12.8 Å². The van der Waals surface area contributed by atoms with E-state index in [1.54, 1.807) is 18.5 Å². The van der Waals surface area contributed by atoms with Crippen molar-refractivity contribution in [1.82, 2.24) is 14.7 Å². The molecule has 5 heteroatoms. The molecule has 0 aliphatic heterocycles. The maximum Gasteiger partial charge on any atom is 0.271 e. The number of carbonyl (C=O) groups excluding carboxylic acids is 1. The average Bonchev–Trinajstić information content (AvgIpc) is 3.04. The summed E-state index contributed by atoms with van der Waals surface area (Å²) in [6, 6.07) is 9.21. The number of carbonyl (C=O) groups is 1. The summed E-state index contributed by atoms with van der Waals surface area (Å²) in [5.74, 6) is 0.502. The Bertz CT molecular complexity index is 637. The first-order chi connectivity index (χ1) is 8.83. The Labute approximate surface area is 103 Å². The molecule has 0 unspecified atom stereocenters. The Kier molecular flexibility index (Phi) is 2.57. The van der Waals surface area contributed by atoms with Crippen molar-refractivity contribution < 1.29 is 9.21 Å². The molecule has 3 aromatic rings. The van der Waals surface area contributed by atoms with E-state index in [4.69, 9.17) is 4.42 Å². The number of furan rings is 1. The molecule has 3 heterocycles. The number of fused-ring (bicyclic) bond motifs is 1. The Morgan fingerprint density at radius 2 is 2.28 bits per heavy atom. The summed E-state index contributed by atoms with van der Waals surface area (Å²) in [7, 11) is 0. The molecule has 5 nitrogen and oxygen atoms in total. The Morgan fingerprint density at radius 3 is 3.06 bits per heavy atom. The maximum absolute atomic E-state index is 11.9. The molecular formula is C13H11N3O2. The molecule has 0 aromatic carbocycles. The van der Waals surface area contributed by atoms with Crippen LogP contribution >= 0.6 is 0 Å². The van der Waals surface area contributed by atoms with Crippen LogP contribution in [0.1, 0.15) is 16.2 Å². The fraction of sp³-hybridized carbons (Fsp3) is 0.0769. The van der Waals surface area contributed by atoms with Crippen LogP contribution in [0, 0.1) is 0 Å². The first kappa shape index (κ1) is 10.6. The minimum atomic E-state index is -0.213. The molecule has 3 rings (SSSR count). The zero-order chi connectivity index (χ0) is 12.4. The Balaban J connectivity index is 1.75. The molecule has 18 heavy (non-hydrogen) atoms. The van der Waals surface area contributed by atoms with Crippen molar-refractivity contribution in [2.45, 2.75) is 6.54 Å². The molecular weight excluding hydrogens is 230 g/mol. The van der Waals surface area contributed by atoms with Crippen molar-refractivity contribution in [3.8, 4) is 0 Å². The lowest BCUT2D eigenvalue weighted by molar-refractivity contribution is 0.0943. The molecule has 1 amide bonds. The molecule has 0 fully saturated rings. The minimum Gasteiger partial charge on any atom is -0.467 e. The summed E-state index contributed by atoms with van der Waals surface area (Å²) < 4.78 is 6.95. The number of imidazole rings is 1. The van der Waals surface area contributed by atoms with Gasteiger partial charge in [0.15, 0.2) is 0 Å². The first-order valence-corrected chi connectivity index (χ1v) is 5.57. The molecule has 0 atom stereocenters. The number of hydrogen-bond acceptors (Lipinski definition) is 3. The maximum atomic E-state index is 11.9. The lowest BCUT2D eigenvalue weighted by Crippen LogP contribution is -2.22. The van der Waals surface area contributed by atoms with E-state index in [0.717, 1.165) is 5.65 Å². The summed E-state index contributed by atoms with van der Waals surface area (Å²) in [6.45, 7) is 0.361. The average molecular weight is 241 g/mol. The highest BCUT2D eigenvalue weighted by atomic mass is 16.3. The topological polar surface area (TPSA) is 59.5 Å². The third-order valence-electron chi connectivity index (χ3n) is 2.60. The number of nitrogens with zero attached hydrogens (tertiary/aromatic N) is 2. The van der Waals surface area contributed by atoms with Gasteiger partial charge in [-0.25, -0.2) is 4.98 Å². The highest BCUT2D eigenvalue weighted by Gasteiger charge is 2.10. The zero-order valence-corrected chi connectivity index (χ0v) is 9.54. The normalized spacial score (nSPS) is 10.7. The van der Waals surface area contributed by atoms with Gasteiger partial charge in [-0.05, 0) is 24.3 Å². The van der Waals surface area contributed by atoms with Gasteiger partial charge in [-0.3, -0.25) is 4.79 Å². The third kappa shape index (κ3) is 1.98. The van der Waals surface area contributed by atoms with E-state index in [-0.39, 0.29) is 5.91 Å². The molecule has 0 spiro atoms. The first-order valence-electron chi connectivity index (χ1n) is 5.57. The summed E-state index contributed by atoms with van der Waals surface area (Å²) in [5.41, 5.74) is 1.15. The zero-order valence-electron chi connectivity index (χ0n) is 9.54. The smallest absolute Gasteiger partial charge is 0.271 e. The summed E-state index contributed by atoms with van der Waals surface area (Å²) in [5, 5.41) is 2.75. The monoisotopic (exact) mass is 241 g/mol. The second kappa shape index (κ2) is 4.37. The predicted molar refractivity (Wildman–Crippen MR) is 65.1 cm³/mol. The highest BCUT2D eigenvalue weighted by molar-refractivity contribution is 5.92. The number of nitrogens with one attached hydrogen (secondary N) is 1. The molecule has 0 saturated carbocycles. The van der Waals surface area contributed by atoms with Crippen LogP contribution in [-0.2, 0) is 6.54 Å². The molecule has 0 aliphatic rings. The van der Waals surface area contributed by atoms with Gasteiger partial charge in [-0.15, -0.1) is 0 Å². The van der Waals surface area contributed by atoms with E-state index >= 15 is 0 Å². The van der Waals surface area contributed by atoms with Crippen LogP contribution < -0.4 is 5.32 Å². The quantitative estimate of drug-likeness (QED) is 0.761. The van der Waals surface area contributed by atoms with Crippen LogP contribution in [-0.4, -0.2) is 15.3 Å². The number of hydrogen-bond donors (Lipinski definition) is 1. The number of aromatic nitrogens is 2. The molecule has 0 saturated heterocycles. The van der Waals surface area contributed by atoms with Crippen molar-refractivity contribution in [1.29, 1.82) is 0 Å². The van der Waals surface area contributed by atoms with Gasteiger partial charge in [0, 0.05) is 12.4 Å². The van der Waals surface area contributed by atoms with Crippen molar-refractivity contribution in [2.75, 3.05) is 0 Å². The lowest BCUT2D eigenvalue weighted by atomic mass is 10.4.